The van der Waals surface area contributed by atoms with E-state index in [9.17, 15) is 4.79 Å². The van der Waals surface area contributed by atoms with Crippen LogP contribution in [0.4, 0.5) is 5.69 Å². The number of ether oxygens (including phenoxy) is 2. The van der Waals surface area contributed by atoms with E-state index in [4.69, 9.17) is 15.2 Å². The lowest BCUT2D eigenvalue weighted by Gasteiger charge is -2.19. The Morgan fingerprint density at radius 1 is 1.12 bits per heavy atom. The van der Waals surface area contributed by atoms with Gasteiger partial charge in [-0.2, -0.15) is 0 Å². The minimum Gasteiger partial charge on any atom is -0.494 e. The largest absolute Gasteiger partial charge is 0.494 e. The first-order valence-electron chi connectivity index (χ1n) is 9.22. The van der Waals surface area contributed by atoms with Crippen LogP contribution in [-0.2, 0) is 4.79 Å². The van der Waals surface area contributed by atoms with Crippen molar-refractivity contribution in [2.75, 3.05) is 18.5 Å². The first-order chi connectivity index (χ1) is 12.7. The molecule has 1 fully saturated rings. The van der Waals surface area contributed by atoms with Crippen molar-refractivity contribution in [1.29, 1.82) is 0 Å². The van der Waals surface area contributed by atoms with Crippen molar-refractivity contribution in [3.8, 4) is 17.2 Å². The normalized spacial score (nSPS) is 19.2. The van der Waals surface area contributed by atoms with Crippen molar-refractivity contribution in [1.82, 2.24) is 0 Å². The first kappa shape index (κ1) is 18.3. The third-order valence-corrected chi connectivity index (χ3v) is 4.81. The van der Waals surface area contributed by atoms with Crippen molar-refractivity contribution in [3.63, 3.8) is 0 Å². The Hall–Kier alpha value is -2.53. The zero-order valence-electron chi connectivity index (χ0n) is 15.1. The zero-order chi connectivity index (χ0) is 18.4. The monoisotopic (exact) mass is 354 g/mol. The predicted molar refractivity (Wildman–Crippen MR) is 103 cm³/mol. The summed E-state index contributed by atoms with van der Waals surface area (Å²) in [5, 5.41) is 3.02. The molecule has 2 atom stereocenters. The van der Waals surface area contributed by atoms with E-state index in [2.05, 4.69) is 5.32 Å². The van der Waals surface area contributed by atoms with Crippen molar-refractivity contribution < 1.29 is 14.3 Å². The number of amides is 1. The third-order valence-electron chi connectivity index (χ3n) is 4.81. The number of hydrogen-bond donors (Lipinski definition) is 2. The minimum absolute atomic E-state index is 0.0152. The summed E-state index contributed by atoms with van der Waals surface area (Å²) in [5.74, 6) is 2.40. The lowest BCUT2D eigenvalue weighted by Crippen LogP contribution is -2.29. The number of anilines is 1. The molecule has 1 aliphatic carbocycles. The van der Waals surface area contributed by atoms with Gasteiger partial charge in [0.25, 0.3) is 0 Å². The topological polar surface area (TPSA) is 73.6 Å². The smallest absolute Gasteiger partial charge is 0.227 e. The standard InChI is InChI=1S/C21H26N2O3/c1-2-25-16-10-12-17(13-11-16)26-20-9-4-3-8-19(20)23-21(24)18-7-5-6-15(18)14-22/h3-4,8-13,15,18H,2,5-7,14,22H2,1H3,(H,23,24)/t15-,18-/m1/s1. The Morgan fingerprint density at radius 2 is 1.85 bits per heavy atom. The highest BCUT2D eigenvalue weighted by Crippen LogP contribution is 2.34. The van der Waals surface area contributed by atoms with Gasteiger partial charge in [-0.15, -0.1) is 0 Å². The summed E-state index contributed by atoms with van der Waals surface area (Å²) in [5.41, 5.74) is 6.48. The molecular weight excluding hydrogens is 328 g/mol. The second-order valence-corrected chi connectivity index (χ2v) is 6.53. The quantitative estimate of drug-likeness (QED) is 0.782. The van der Waals surface area contributed by atoms with Crippen LogP contribution in [0.3, 0.4) is 0 Å². The predicted octanol–water partition coefficient (Wildman–Crippen LogP) is 4.19. The SMILES string of the molecule is CCOc1ccc(Oc2ccccc2NC(=O)[C@@H]2CCC[C@@H]2CN)cc1. The van der Waals surface area contributed by atoms with Gasteiger partial charge in [-0.3, -0.25) is 4.79 Å². The number of carbonyl (C=O) groups is 1. The van der Waals surface area contributed by atoms with E-state index in [1.807, 2.05) is 55.5 Å². The molecule has 0 unspecified atom stereocenters. The Morgan fingerprint density at radius 3 is 2.58 bits per heavy atom. The number of hydrogen-bond acceptors (Lipinski definition) is 4. The van der Waals surface area contributed by atoms with Crippen LogP contribution in [0.25, 0.3) is 0 Å². The van der Waals surface area contributed by atoms with E-state index < -0.39 is 0 Å². The average molecular weight is 354 g/mol. The highest BCUT2D eigenvalue weighted by Gasteiger charge is 2.32. The fourth-order valence-corrected chi connectivity index (χ4v) is 3.45. The molecule has 3 rings (SSSR count). The van der Waals surface area contributed by atoms with Gasteiger partial charge < -0.3 is 20.5 Å². The second-order valence-electron chi connectivity index (χ2n) is 6.53. The van der Waals surface area contributed by atoms with Gasteiger partial charge in [0.15, 0.2) is 5.75 Å². The van der Waals surface area contributed by atoms with Crippen LogP contribution >= 0.6 is 0 Å². The molecule has 0 heterocycles. The van der Waals surface area contributed by atoms with E-state index in [1.165, 1.54) is 0 Å². The molecule has 1 amide bonds. The maximum atomic E-state index is 12.7. The van der Waals surface area contributed by atoms with Crippen molar-refractivity contribution in [3.05, 3.63) is 48.5 Å². The molecule has 0 bridgehead atoms. The zero-order valence-corrected chi connectivity index (χ0v) is 15.1. The van der Waals surface area contributed by atoms with Gasteiger partial charge in [0, 0.05) is 5.92 Å². The summed E-state index contributed by atoms with van der Waals surface area (Å²) in [4.78, 5) is 12.7. The Bertz CT molecular complexity index is 730. The molecular formula is C21H26N2O3. The van der Waals surface area contributed by atoms with E-state index >= 15 is 0 Å². The number of benzene rings is 2. The summed E-state index contributed by atoms with van der Waals surface area (Å²) in [6.45, 7) is 3.13. The van der Waals surface area contributed by atoms with Crippen molar-refractivity contribution >= 4 is 11.6 Å². The van der Waals surface area contributed by atoms with E-state index in [0.717, 1.165) is 25.0 Å². The molecule has 1 aliphatic rings. The van der Waals surface area contributed by atoms with Crippen LogP contribution in [0, 0.1) is 11.8 Å². The molecule has 0 aliphatic heterocycles. The van der Waals surface area contributed by atoms with Gasteiger partial charge in [0.2, 0.25) is 5.91 Å². The summed E-state index contributed by atoms with van der Waals surface area (Å²) >= 11 is 0. The Labute approximate surface area is 154 Å². The number of para-hydroxylation sites is 2. The molecule has 0 aromatic heterocycles. The maximum absolute atomic E-state index is 12.7. The maximum Gasteiger partial charge on any atom is 0.227 e. The van der Waals surface area contributed by atoms with Gasteiger partial charge in [0.1, 0.15) is 11.5 Å². The molecule has 138 valence electrons. The lowest BCUT2D eigenvalue weighted by molar-refractivity contribution is -0.120. The Balaban J connectivity index is 1.70. The van der Waals surface area contributed by atoms with Crippen LogP contribution in [0.15, 0.2) is 48.5 Å². The molecule has 0 radical (unpaired) electrons. The summed E-state index contributed by atoms with van der Waals surface area (Å²) < 4.78 is 11.4. The van der Waals surface area contributed by atoms with Gasteiger partial charge >= 0.3 is 0 Å². The number of carbonyl (C=O) groups excluding carboxylic acids is 1. The minimum atomic E-state index is -0.0152. The number of nitrogens with two attached hydrogens (primary N) is 1. The molecule has 5 nitrogen and oxygen atoms in total. The average Bonchev–Trinajstić information content (AvgIpc) is 3.14. The lowest BCUT2D eigenvalue weighted by atomic mass is 9.95. The first-order valence-corrected chi connectivity index (χ1v) is 9.22. The molecule has 0 spiro atoms. The molecule has 5 heteroatoms. The summed E-state index contributed by atoms with van der Waals surface area (Å²) in [6.07, 6.45) is 2.98. The van der Waals surface area contributed by atoms with E-state index in [-0.39, 0.29) is 17.7 Å². The van der Waals surface area contributed by atoms with Gasteiger partial charge in [0.05, 0.1) is 12.3 Å². The molecule has 3 N–H and O–H groups in total. The van der Waals surface area contributed by atoms with Crippen LogP contribution in [0.2, 0.25) is 0 Å². The second kappa shape index (κ2) is 8.72. The van der Waals surface area contributed by atoms with Gasteiger partial charge in [-0.1, -0.05) is 18.6 Å². The Kier molecular flexibility index (Phi) is 6.12. The van der Waals surface area contributed by atoms with Crippen LogP contribution in [0.5, 0.6) is 17.2 Å². The number of nitrogens with one attached hydrogen (secondary N) is 1. The summed E-state index contributed by atoms with van der Waals surface area (Å²) in [7, 11) is 0. The van der Waals surface area contributed by atoms with Crippen molar-refractivity contribution in [2.24, 2.45) is 17.6 Å². The third kappa shape index (κ3) is 4.35. The van der Waals surface area contributed by atoms with Crippen molar-refractivity contribution in [2.45, 2.75) is 26.2 Å². The number of rotatable bonds is 7. The summed E-state index contributed by atoms with van der Waals surface area (Å²) in [6, 6.07) is 14.9. The molecule has 0 saturated heterocycles. The van der Waals surface area contributed by atoms with Crippen LogP contribution in [0.1, 0.15) is 26.2 Å². The van der Waals surface area contributed by atoms with Gasteiger partial charge in [-0.25, -0.2) is 0 Å². The highest BCUT2D eigenvalue weighted by molar-refractivity contribution is 5.94. The van der Waals surface area contributed by atoms with E-state index in [0.29, 0.717) is 30.3 Å². The molecule has 2 aromatic rings. The van der Waals surface area contributed by atoms with Gasteiger partial charge in [-0.05, 0) is 68.6 Å². The van der Waals surface area contributed by atoms with E-state index in [1.54, 1.807) is 0 Å². The highest BCUT2D eigenvalue weighted by atomic mass is 16.5. The van der Waals surface area contributed by atoms with Crippen LogP contribution < -0.4 is 20.5 Å². The molecule has 26 heavy (non-hydrogen) atoms. The molecule has 2 aromatic carbocycles. The van der Waals surface area contributed by atoms with Crippen LogP contribution in [-0.4, -0.2) is 19.1 Å². The fraction of sp³-hybridized carbons (Fsp3) is 0.381. The molecule has 1 saturated carbocycles. The fourth-order valence-electron chi connectivity index (χ4n) is 3.45.